The van der Waals surface area contributed by atoms with Gasteiger partial charge in [0, 0.05) is 25.2 Å². The number of aliphatic hydroxyl groups excluding tert-OH is 1. The van der Waals surface area contributed by atoms with E-state index in [9.17, 15) is 5.11 Å². The number of aliphatic hydroxyl groups is 1. The molecule has 2 bridgehead atoms. The molecule has 1 aromatic rings. The Morgan fingerprint density at radius 2 is 1.72 bits per heavy atom. The molecule has 0 spiro atoms. The fourth-order valence-electron chi connectivity index (χ4n) is 3.61. The smallest absolute Gasteiger partial charge is 0.0570 e. The highest BCUT2D eigenvalue weighted by Crippen LogP contribution is 2.37. The normalized spacial score (nSPS) is 31.8. The van der Waals surface area contributed by atoms with Crippen LogP contribution < -0.4 is 5.73 Å². The van der Waals surface area contributed by atoms with Crippen molar-refractivity contribution in [1.82, 2.24) is 4.90 Å². The Bertz CT molecular complexity index is 407. The molecule has 0 aliphatic carbocycles. The standard InChI is InChI=1S/C15H22N2O/c16-9-11-3-1-2-4-12(11)10-17-13-5-6-14(17)8-15(18)7-13/h1-4,13-15,18H,5-10,16H2. The van der Waals surface area contributed by atoms with E-state index < -0.39 is 0 Å². The molecule has 3 nitrogen and oxygen atoms in total. The minimum Gasteiger partial charge on any atom is -0.393 e. The quantitative estimate of drug-likeness (QED) is 0.852. The van der Waals surface area contributed by atoms with Crippen LogP contribution in [0.2, 0.25) is 0 Å². The zero-order chi connectivity index (χ0) is 12.5. The second kappa shape index (κ2) is 5.00. The number of hydrogen-bond donors (Lipinski definition) is 2. The van der Waals surface area contributed by atoms with E-state index in [0.29, 0.717) is 18.6 Å². The third kappa shape index (κ3) is 2.18. The number of hydrogen-bond acceptors (Lipinski definition) is 3. The average Bonchev–Trinajstić information content (AvgIpc) is 2.62. The van der Waals surface area contributed by atoms with E-state index in [2.05, 4.69) is 29.2 Å². The minimum absolute atomic E-state index is 0.0801. The highest BCUT2D eigenvalue weighted by Gasteiger charge is 2.39. The summed E-state index contributed by atoms with van der Waals surface area (Å²) in [5, 5.41) is 9.83. The first-order valence-corrected chi connectivity index (χ1v) is 6.98. The topological polar surface area (TPSA) is 49.5 Å². The van der Waals surface area contributed by atoms with Crippen LogP contribution in [0.25, 0.3) is 0 Å². The Morgan fingerprint density at radius 3 is 2.33 bits per heavy atom. The first-order chi connectivity index (χ1) is 8.78. The maximum Gasteiger partial charge on any atom is 0.0570 e. The highest BCUT2D eigenvalue weighted by molar-refractivity contribution is 5.27. The summed E-state index contributed by atoms with van der Waals surface area (Å²) >= 11 is 0. The van der Waals surface area contributed by atoms with Gasteiger partial charge in [0.25, 0.3) is 0 Å². The molecule has 2 saturated heterocycles. The number of benzene rings is 1. The van der Waals surface area contributed by atoms with Crippen LogP contribution in [0.3, 0.4) is 0 Å². The van der Waals surface area contributed by atoms with Crippen LogP contribution in [0, 0.1) is 0 Å². The molecule has 0 saturated carbocycles. The summed E-state index contributed by atoms with van der Waals surface area (Å²) in [4.78, 5) is 2.58. The van der Waals surface area contributed by atoms with E-state index in [1.165, 1.54) is 24.0 Å². The molecular formula is C15H22N2O. The van der Waals surface area contributed by atoms with Gasteiger partial charge in [-0.2, -0.15) is 0 Å². The minimum atomic E-state index is -0.0801. The van der Waals surface area contributed by atoms with Crippen LogP contribution >= 0.6 is 0 Å². The average molecular weight is 246 g/mol. The number of fused-ring (bicyclic) bond motifs is 2. The van der Waals surface area contributed by atoms with Crippen molar-refractivity contribution >= 4 is 0 Å². The van der Waals surface area contributed by atoms with Crippen molar-refractivity contribution in [3.05, 3.63) is 35.4 Å². The molecule has 0 radical (unpaired) electrons. The zero-order valence-electron chi connectivity index (χ0n) is 10.8. The van der Waals surface area contributed by atoms with Gasteiger partial charge in [0.2, 0.25) is 0 Å². The SMILES string of the molecule is NCc1ccccc1CN1C2CCC1CC(O)C2. The summed E-state index contributed by atoms with van der Waals surface area (Å²) in [5.41, 5.74) is 8.41. The summed E-state index contributed by atoms with van der Waals surface area (Å²) in [7, 11) is 0. The maximum atomic E-state index is 9.83. The van der Waals surface area contributed by atoms with E-state index in [0.717, 1.165) is 19.4 Å². The lowest BCUT2D eigenvalue weighted by molar-refractivity contribution is 0.0309. The Morgan fingerprint density at radius 1 is 1.11 bits per heavy atom. The second-order valence-electron chi connectivity index (χ2n) is 5.66. The molecule has 0 amide bonds. The van der Waals surface area contributed by atoms with Gasteiger partial charge in [-0.15, -0.1) is 0 Å². The summed E-state index contributed by atoms with van der Waals surface area (Å²) in [6.45, 7) is 1.61. The van der Waals surface area contributed by atoms with Crippen LogP contribution in [-0.4, -0.2) is 28.2 Å². The molecule has 1 aromatic carbocycles. The van der Waals surface area contributed by atoms with Crippen LogP contribution in [0.4, 0.5) is 0 Å². The van der Waals surface area contributed by atoms with Crippen molar-refractivity contribution in [2.45, 2.75) is 57.0 Å². The van der Waals surface area contributed by atoms with Gasteiger partial charge in [-0.25, -0.2) is 0 Å². The number of rotatable bonds is 3. The predicted octanol–water partition coefficient (Wildman–Crippen LogP) is 1.63. The van der Waals surface area contributed by atoms with Crippen molar-refractivity contribution in [2.75, 3.05) is 0 Å². The molecule has 0 aromatic heterocycles. The van der Waals surface area contributed by atoms with Crippen molar-refractivity contribution < 1.29 is 5.11 Å². The lowest BCUT2D eigenvalue weighted by atomic mass is 9.98. The van der Waals surface area contributed by atoms with E-state index >= 15 is 0 Å². The molecule has 2 unspecified atom stereocenters. The van der Waals surface area contributed by atoms with Gasteiger partial charge < -0.3 is 10.8 Å². The van der Waals surface area contributed by atoms with E-state index in [1.807, 2.05) is 0 Å². The molecular weight excluding hydrogens is 224 g/mol. The Labute approximate surface area is 109 Å². The lowest BCUT2D eigenvalue weighted by Gasteiger charge is -2.37. The molecule has 2 fully saturated rings. The number of nitrogens with two attached hydrogens (primary N) is 1. The van der Waals surface area contributed by atoms with E-state index in [-0.39, 0.29) is 6.10 Å². The third-order valence-electron chi connectivity index (χ3n) is 4.55. The molecule has 18 heavy (non-hydrogen) atoms. The fraction of sp³-hybridized carbons (Fsp3) is 0.600. The van der Waals surface area contributed by atoms with Crippen LogP contribution in [0.15, 0.2) is 24.3 Å². The van der Waals surface area contributed by atoms with Crippen molar-refractivity contribution in [3.8, 4) is 0 Å². The maximum absolute atomic E-state index is 9.83. The Kier molecular flexibility index (Phi) is 3.37. The molecule has 3 heteroatoms. The molecule has 2 atom stereocenters. The second-order valence-corrected chi connectivity index (χ2v) is 5.66. The van der Waals surface area contributed by atoms with Crippen molar-refractivity contribution in [3.63, 3.8) is 0 Å². The number of piperidine rings is 1. The van der Waals surface area contributed by atoms with Gasteiger partial charge in [0.15, 0.2) is 0 Å². The summed E-state index contributed by atoms with van der Waals surface area (Å²) < 4.78 is 0. The molecule has 2 heterocycles. The van der Waals surface area contributed by atoms with Crippen molar-refractivity contribution in [2.24, 2.45) is 5.73 Å². The van der Waals surface area contributed by atoms with Gasteiger partial charge >= 0.3 is 0 Å². The Hall–Kier alpha value is -0.900. The summed E-state index contributed by atoms with van der Waals surface area (Å²) in [5.74, 6) is 0. The summed E-state index contributed by atoms with van der Waals surface area (Å²) in [6, 6.07) is 9.60. The fourth-order valence-corrected chi connectivity index (χ4v) is 3.61. The van der Waals surface area contributed by atoms with Gasteiger partial charge in [-0.1, -0.05) is 24.3 Å². The molecule has 3 rings (SSSR count). The molecule has 98 valence electrons. The van der Waals surface area contributed by atoms with Crippen LogP contribution in [0.5, 0.6) is 0 Å². The van der Waals surface area contributed by atoms with Crippen LogP contribution in [0.1, 0.15) is 36.8 Å². The van der Waals surface area contributed by atoms with Crippen molar-refractivity contribution in [1.29, 1.82) is 0 Å². The first kappa shape index (κ1) is 12.2. The van der Waals surface area contributed by atoms with Gasteiger partial charge in [0.1, 0.15) is 0 Å². The van der Waals surface area contributed by atoms with Gasteiger partial charge in [-0.3, -0.25) is 4.90 Å². The van der Waals surface area contributed by atoms with E-state index in [4.69, 9.17) is 5.73 Å². The lowest BCUT2D eigenvalue weighted by Crippen LogP contribution is -2.44. The number of nitrogens with zero attached hydrogens (tertiary/aromatic N) is 1. The van der Waals surface area contributed by atoms with E-state index in [1.54, 1.807) is 0 Å². The van der Waals surface area contributed by atoms with Gasteiger partial charge in [-0.05, 0) is 36.8 Å². The zero-order valence-corrected chi connectivity index (χ0v) is 10.8. The van der Waals surface area contributed by atoms with Crippen LogP contribution in [-0.2, 0) is 13.1 Å². The van der Waals surface area contributed by atoms with Gasteiger partial charge in [0.05, 0.1) is 6.10 Å². The monoisotopic (exact) mass is 246 g/mol. The third-order valence-corrected chi connectivity index (χ3v) is 4.55. The summed E-state index contributed by atoms with van der Waals surface area (Å²) in [6.07, 6.45) is 4.30. The highest BCUT2D eigenvalue weighted by atomic mass is 16.3. The molecule has 2 aliphatic heterocycles. The predicted molar refractivity (Wildman–Crippen MR) is 71.9 cm³/mol. The molecule has 3 N–H and O–H groups in total. The molecule has 2 aliphatic rings. The first-order valence-electron chi connectivity index (χ1n) is 6.98. The largest absolute Gasteiger partial charge is 0.393 e. The Balaban J connectivity index is 1.77.